The van der Waals surface area contributed by atoms with Gasteiger partial charge < -0.3 is 5.32 Å². The van der Waals surface area contributed by atoms with Crippen molar-refractivity contribution in [2.75, 3.05) is 5.32 Å². The number of hydrogen-bond acceptors (Lipinski definition) is 4. The van der Waals surface area contributed by atoms with Crippen LogP contribution in [0, 0.1) is 13.8 Å². The number of hydrogen-bond donors (Lipinski definition) is 1. The molecule has 0 aromatic carbocycles. The van der Waals surface area contributed by atoms with Crippen molar-refractivity contribution in [1.82, 2.24) is 24.8 Å². The molecule has 0 atom stereocenters. The molecule has 1 N–H and O–H groups in total. The molecule has 0 unspecified atom stereocenters. The van der Waals surface area contributed by atoms with Crippen LogP contribution in [-0.2, 0) is 14.1 Å². The zero-order chi connectivity index (χ0) is 12.6. The van der Waals surface area contributed by atoms with Crippen LogP contribution in [0.3, 0.4) is 0 Å². The summed E-state index contributed by atoms with van der Waals surface area (Å²) >= 11 is 0. The fourth-order valence-electron chi connectivity index (χ4n) is 1.58. The Hall–Kier alpha value is -2.18. The number of amides is 1. The molecular weight excluding hydrogens is 220 g/mol. The van der Waals surface area contributed by atoms with E-state index in [4.69, 9.17) is 0 Å². The molecule has 2 aromatic heterocycles. The number of aryl methyl sites for hydroxylation is 3. The summed E-state index contributed by atoms with van der Waals surface area (Å²) in [4.78, 5) is 11.9. The average Bonchev–Trinajstić information content (AvgIpc) is 2.79. The van der Waals surface area contributed by atoms with Crippen LogP contribution in [0.4, 0.5) is 5.69 Å². The van der Waals surface area contributed by atoms with Gasteiger partial charge in [0.05, 0.1) is 23.3 Å². The highest BCUT2D eigenvalue weighted by atomic mass is 16.2. The Kier molecular flexibility index (Phi) is 2.66. The maximum atomic E-state index is 11.9. The number of nitrogens with zero attached hydrogens (tertiary/aromatic N) is 5. The molecule has 1 amide bonds. The van der Waals surface area contributed by atoms with E-state index in [2.05, 4.69) is 20.7 Å². The number of rotatable bonds is 2. The minimum Gasteiger partial charge on any atom is -0.317 e. The average molecular weight is 234 g/mol. The third-order valence-electron chi connectivity index (χ3n) is 2.58. The van der Waals surface area contributed by atoms with Gasteiger partial charge in [-0.3, -0.25) is 14.2 Å². The Morgan fingerprint density at radius 3 is 2.53 bits per heavy atom. The van der Waals surface area contributed by atoms with Crippen molar-refractivity contribution >= 4 is 11.6 Å². The van der Waals surface area contributed by atoms with Gasteiger partial charge in [0.25, 0.3) is 5.91 Å². The molecule has 0 aliphatic carbocycles. The summed E-state index contributed by atoms with van der Waals surface area (Å²) in [7, 11) is 3.55. The summed E-state index contributed by atoms with van der Waals surface area (Å²) in [6, 6.07) is 0. The Bertz CT molecular complexity index is 567. The predicted molar refractivity (Wildman–Crippen MR) is 61.6 cm³/mol. The maximum absolute atomic E-state index is 11.9. The molecule has 0 saturated carbocycles. The largest absolute Gasteiger partial charge is 0.317 e. The molecule has 2 heterocycles. The molecule has 0 bridgehead atoms. The quantitative estimate of drug-likeness (QED) is 0.816. The molecule has 0 saturated heterocycles. The highest BCUT2D eigenvalue weighted by molar-refractivity contribution is 6.03. The topological polar surface area (TPSA) is 77.6 Å². The zero-order valence-corrected chi connectivity index (χ0v) is 10.2. The van der Waals surface area contributed by atoms with Gasteiger partial charge >= 0.3 is 0 Å². The number of aromatic nitrogens is 5. The number of carbonyl (C=O) groups is 1. The minimum atomic E-state index is -0.280. The fourth-order valence-corrected chi connectivity index (χ4v) is 1.58. The summed E-state index contributed by atoms with van der Waals surface area (Å²) in [5.74, 6) is -0.280. The highest BCUT2D eigenvalue weighted by Gasteiger charge is 2.15. The van der Waals surface area contributed by atoms with Crippen LogP contribution < -0.4 is 5.32 Å². The molecule has 0 fully saturated rings. The van der Waals surface area contributed by atoms with E-state index in [1.165, 1.54) is 4.68 Å². The van der Waals surface area contributed by atoms with Crippen molar-refractivity contribution in [2.45, 2.75) is 13.8 Å². The van der Waals surface area contributed by atoms with Gasteiger partial charge in [0, 0.05) is 14.1 Å². The molecule has 7 heteroatoms. The monoisotopic (exact) mass is 234 g/mol. The van der Waals surface area contributed by atoms with Gasteiger partial charge in [-0.2, -0.15) is 5.10 Å². The van der Waals surface area contributed by atoms with Crippen LogP contribution in [0.15, 0.2) is 6.20 Å². The van der Waals surface area contributed by atoms with Gasteiger partial charge in [-0.25, -0.2) is 0 Å². The lowest BCUT2D eigenvalue weighted by molar-refractivity contribution is 0.102. The highest BCUT2D eigenvalue weighted by Crippen LogP contribution is 2.18. The van der Waals surface area contributed by atoms with E-state index in [9.17, 15) is 4.79 Å². The van der Waals surface area contributed by atoms with Crippen LogP contribution in [0.25, 0.3) is 0 Å². The zero-order valence-electron chi connectivity index (χ0n) is 10.2. The SMILES string of the molecule is Cc1nn(C)c(C)c1NC(=O)c1cn(C)nn1. The smallest absolute Gasteiger partial charge is 0.277 e. The van der Waals surface area contributed by atoms with Gasteiger partial charge in [-0.1, -0.05) is 5.21 Å². The standard InChI is InChI=1S/C10H14N6O/c1-6-9(7(2)16(4)13-6)11-10(17)8-5-15(3)14-12-8/h5H,1-4H3,(H,11,17). The van der Waals surface area contributed by atoms with Gasteiger partial charge in [-0.05, 0) is 13.8 Å². The Morgan fingerprint density at radius 2 is 2.06 bits per heavy atom. The number of carbonyl (C=O) groups excluding carboxylic acids is 1. The molecule has 0 aliphatic heterocycles. The second-order valence-corrected chi connectivity index (χ2v) is 3.90. The van der Waals surface area contributed by atoms with E-state index in [-0.39, 0.29) is 11.6 Å². The maximum Gasteiger partial charge on any atom is 0.277 e. The van der Waals surface area contributed by atoms with E-state index in [0.29, 0.717) is 0 Å². The molecule has 7 nitrogen and oxygen atoms in total. The first-order chi connectivity index (χ1) is 7.99. The van der Waals surface area contributed by atoms with E-state index in [1.54, 1.807) is 17.9 Å². The summed E-state index contributed by atoms with van der Waals surface area (Å²) in [6.45, 7) is 3.74. The Balaban J connectivity index is 2.24. The normalized spacial score (nSPS) is 10.6. The second-order valence-electron chi connectivity index (χ2n) is 3.90. The number of nitrogens with one attached hydrogen (secondary N) is 1. The summed E-state index contributed by atoms with van der Waals surface area (Å²) in [6.07, 6.45) is 1.57. The molecule has 17 heavy (non-hydrogen) atoms. The molecule has 2 rings (SSSR count). The van der Waals surface area contributed by atoms with Crippen LogP contribution in [-0.4, -0.2) is 30.7 Å². The van der Waals surface area contributed by atoms with E-state index < -0.39 is 0 Å². The number of anilines is 1. The molecule has 2 aromatic rings. The predicted octanol–water partition coefficient (Wildman–Crippen LogP) is 0.418. The summed E-state index contributed by atoms with van der Waals surface area (Å²) in [5, 5.41) is 14.5. The lowest BCUT2D eigenvalue weighted by atomic mass is 10.3. The molecule has 90 valence electrons. The van der Waals surface area contributed by atoms with Gasteiger partial charge in [-0.15, -0.1) is 5.10 Å². The van der Waals surface area contributed by atoms with Crippen molar-refractivity contribution < 1.29 is 4.79 Å². The van der Waals surface area contributed by atoms with Crippen molar-refractivity contribution in [3.8, 4) is 0 Å². The van der Waals surface area contributed by atoms with Crippen molar-refractivity contribution in [3.63, 3.8) is 0 Å². The summed E-state index contributed by atoms with van der Waals surface area (Å²) < 4.78 is 3.21. The van der Waals surface area contributed by atoms with Crippen molar-refractivity contribution in [2.24, 2.45) is 14.1 Å². The first kappa shape index (κ1) is 11.3. The fraction of sp³-hybridized carbons (Fsp3) is 0.400. The summed E-state index contributed by atoms with van der Waals surface area (Å²) in [5.41, 5.74) is 2.69. The van der Waals surface area contributed by atoms with Crippen LogP contribution in [0.5, 0.6) is 0 Å². The first-order valence-corrected chi connectivity index (χ1v) is 5.17. The van der Waals surface area contributed by atoms with Crippen molar-refractivity contribution in [1.29, 1.82) is 0 Å². The molecule has 0 spiro atoms. The molecular formula is C10H14N6O. The van der Waals surface area contributed by atoms with E-state index in [0.717, 1.165) is 17.1 Å². The third-order valence-corrected chi connectivity index (χ3v) is 2.58. The minimum absolute atomic E-state index is 0.280. The van der Waals surface area contributed by atoms with Gasteiger partial charge in [0.2, 0.25) is 0 Å². The van der Waals surface area contributed by atoms with Crippen LogP contribution in [0.1, 0.15) is 21.9 Å². The molecule has 0 radical (unpaired) electrons. The Labute approximate surface area is 98.4 Å². The van der Waals surface area contributed by atoms with E-state index >= 15 is 0 Å². The second kappa shape index (κ2) is 4.00. The Morgan fingerprint density at radius 1 is 1.35 bits per heavy atom. The lowest BCUT2D eigenvalue weighted by Crippen LogP contribution is -2.13. The van der Waals surface area contributed by atoms with Crippen LogP contribution in [0.2, 0.25) is 0 Å². The lowest BCUT2D eigenvalue weighted by Gasteiger charge is -2.02. The van der Waals surface area contributed by atoms with Crippen molar-refractivity contribution in [3.05, 3.63) is 23.3 Å². The van der Waals surface area contributed by atoms with Gasteiger partial charge in [0.1, 0.15) is 0 Å². The third kappa shape index (κ3) is 2.03. The first-order valence-electron chi connectivity index (χ1n) is 5.17. The van der Waals surface area contributed by atoms with Crippen LogP contribution >= 0.6 is 0 Å². The van der Waals surface area contributed by atoms with Gasteiger partial charge in [0.15, 0.2) is 5.69 Å². The molecule has 0 aliphatic rings. The van der Waals surface area contributed by atoms with E-state index in [1.807, 2.05) is 20.9 Å².